The van der Waals surface area contributed by atoms with Crippen molar-refractivity contribution in [2.75, 3.05) is 0 Å². The predicted molar refractivity (Wildman–Crippen MR) is 78.1 cm³/mol. The Morgan fingerprint density at radius 3 is 2.21 bits per heavy atom. The Kier molecular flexibility index (Phi) is 5.23. The number of ether oxygens (including phenoxy) is 2. The van der Waals surface area contributed by atoms with E-state index in [0.717, 1.165) is 18.2 Å². The van der Waals surface area contributed by atoms with Gasteiger partial charge in [0.25, 0.3) is 0 Å². The van der Waals surface area contributed by atoms with Gasteiger partial charge in [-0.25, -0.2) is 0 Å². The molecule has 0 saturated heterocycles. The van der Waals surface area contributed by atoms with Gasteiger partial charge in [0.1, 0.15) is 23.4 Å². The van der Waals surface area contributed by atoms with Crippen LogP contribution in [0.5, 0.6) is 17.2 Å². The van der Waals surface area contributed by atoms with Crippen LogP contribution in [0.4, 0.5) is 13.2 Å². The Balaban J connectivity index is 2.10. The van der Waals surface area contributed by atoms with E-state index in [4.69, 9.17) is 21.1 Å². The van der Waals surface area contributed by atoms with Crippen LogP contribution in [-0.2, 0) is 11.0 Å². The minimum Gasteiger partial charge on any atom is -0.546 e. The fourth-order valence-corrected chi connectivity index (χ4v) is 1.94. The number of alkyl halides is 3. The predicted octanol–water partition coefficient (Wildman–Crippen LogP) is 3.67. The molecule has 0 bridgehead atoms. The molecule has 24 heavy (non-hydrogen) atoms. The van der Waals surface area contributed by atoms with Crippen molar-refractivity contribution < 1.29 is 32.5 Å². The Labute approximate surface area is 140 Å². The highest BCUT2D eigenvalue weighted by atomic mass is 35.5. The lowest BCUT2D eigenvalue weighted by Crippen LogP contribution is -2.37. The SMILES string of the molecule is CC(Oc1ccc(Oc2ccc(C(F)(F)F)cc2Cl)cc1)C(=O)[O-]. The minimum atomic E-state index is -4.49. The van der Waals surface area contributed by atoms with E-state index in [1.54, 1.807) is 0 Å². The molecule has 0 fully saturated rings. The van der Waals surface area contributed by atoms with Crippen LogP contribution in [0.3, 0.4) is 0 Å². The third-order valence-electron chi connectivity index (χ3n) is 2.96. The maximum atomic E-state index is 12.6. The number of carbonyl (C=O) groups excluding carboxylic acids is 1. The molecule has 0 aromatic heterocycles. The molecule has 4 nitrogen and oxygen atoms in total. The summed E-state index contributed by atoms with van der Waals surface area (Å²) in [5, 5.41) is 10.4. The summed E-state index contributed by atoms with van der Waals surface area (Å²) in [6.07, 6.45) is -5.61. The maximum Gasteiger partial charge on any atom is 0.416 e. The first-order chi connectivity index (χ1) is 11.2. The van der Waals surface area contributed by atoms with Gasteiger partial charge in [-0.2, -0.15) is 13.2 Å². The molecule has 0 N–H and O–H groups in total. The maximum absolute atomic E-state index is 12.6. The first kappa shape index (κ1) is 17.9. The lowest BCUT2D eigenvalue weighted by molar-refractivity contribution is -0.312. The van der Waals surface area contributed by atoms with E-state index >= 15 is 0 Å². The van der Waals surface area contributed by atoms with Crippen molar-refractivity contribution in [3.05, 3.63) is 53.1 Å². The largest absolute Gasteiger partial charge is 0.546 e. The van der Waals surface area contributed by atoms with E-state index < -0.39 is 23.8 Å². The van der Waals surface area contributed by atoms with E-state index in [1.165, 1.54) is 31.2 Å². The average molecular weight is 360 g/mol. The van der Waals surface area contributed by atoms with Gasteiger partial charge in [-0.05, 0) is 49.4 Å². The van der Waals surface area contributed by atoms with Crippen LogP contribution in [0.2, 0.25) is 5.02 Å². The van der Waals surface area contributed by atoms with Gasteiger partial charge < -0.3 is 19.4 Å². The van der Waals surface area contributed by atoms with Crippen LogP contribution in [0.1, 0.15) is 12.5 Å². The summed E-state index contributed by atoms with van der Waals surface area (Å²) in [6, 6.07) is 8.58. The van der Waals surface area contributed by atoms with Gasteiger partial charge in [-0.1, -0.05) is 11.6 Å². The van der Waals surface area contributed by atoms with Gasteiger partial charge >= 0.3 is 6.18 Å². The highest BCUT2D eigenvalue weighted by Gasteiger charge is 2.31. The number of hydrogen-bond donors (Lipinski definition) is 0. The highest BCUT2D eigenvalue weighted by Crippen LogP contribution is 2.36. The summed E-state index contributed by atoms with van der Waals surface area (Å²) in [5.41, 5.74) is -0.875. The molecule has 0 amide bonds. The van der Waals surface area contributed by atoms with Crippen LogP contribution in [-0.4, -0.2) is 12.1 Å². The first-order valence-corrected chi connectivity index (χ1v) is 7.07. The van der Waals surface area contributed by atoms with Gasteiger partial charge in [-0.15, -0.1) is 0 Å². The third kappa shape index (κ3) is 4.55. The molecule has 8 heteroatoms. The van der Waals surface area contributed by atoms with E-state index in [9.17, 15) is 23.1 Å². The molecular weight excluding hydrogens is 349 g/mol. The molecule has 2 rings (SSSR count). The second kappa shape index (κ2) is 7.00. The number of carbonyl (C=O) groups is 1. The minimum absolute atomic E-state index is 0.0569. The molecule has 0 radical (unpaired) electrons. The van der Waals surface area contributed by atoms with Crippen molar-refractivity contribution in [1.29, 1.82) is 0 Å². The molecule has 2 aromatic rings. The van der Waals surface area contributed by atoms with Crippen molar-refractivity contribution in [3.8, 4) is 17.2 Å². The number of benzene rings is 2. The van der Waals surface area contributed by atoms with Gasteiger partial charge in [0.05, 0.1) is 16.6 Å². The van der Waals surface area contributed by atoms with Gasteiger partial charge in [-0.3, -0.25) is 0 Å². The summed E-state index contributed by atoms with van der Waals surface area (Å²) >= 11 is 5.80. The summed E-state index contributed by atoms with van der Waals surface area (Å²) in [6.45, 7) is 1.32. The van der Waals surface area contributed by atoms with E-state index in [1.807, 2.05) is 0 Å². The zero-order valence-electron chi connectivity index (χ0n) is 12.3. The second-order valence-corrected chi connectivity index (χ2v) is 5.20. The van der Waals surface area contributed by atoms with Crippen molar-refractivity contribution in [2.45, 2.75) is 19.2 Å². The Morgan fingerprint density at radius 1 is 1.12 bits per heavy atom. The topological polar surface area (TPSA) is 58.6 Å². The number of hydrogen-bond acceptors (Lipinski definition) is 4. The molecule has 0 aliphatic heterocycles. The van der Waals surface area contributed by atoms with Gasteiger partial charge in [0.2, 0.25) is 0 Å². The molecule has 0 aliphatic carbocycles. The quantitative estimate of drug-likeness (QED) is 0.817. The lowest BCUT2D eigenvalue weighted by Gasteiger charge is -2.15. The lowest BCUT2D eigenvalue weighted by atomic mass is 10.2. The molecule has 0 heterocycles. The molecule has 1 unspecified atom stereocenters. The Bertz CT molecular complexity index is 729. The highest BCUT2D eigenvalue weighted by molar-refractivity contribution is 6.32. The van der Waals surface area contributed by atoms with Crippen LogP contribution in [0.25, 0.3) is 0 Å². The zero-order chi connectivity index (χ0) is 17.9. The van der Waals surface area contributed by atoms with Crippen molar-refractivity contribution in [1.82, 2.24) is 0 Å². The molecule has 0 aliphatic rings. The Hall–Kier alpha value is -2.41. The van der Waals surface area contributed by atoms with E-state index in [-0.39, 0.29) is 16.5 Å². The van der Waals surface area contributed by atoms with Crippen LogP contribution in [0, 0.1) is 0 Å². The summed E-state index contributed by atoms with van der Waals surface area (Å²) in [4.78, 5) is 10.6. The molecule has 0 saturated carbocycles. The standard InChI is InChI=1S/C16H12ClF3O4/c1-9(15(21)22)23-11-3-5-12(6-4-11)24-14-7-2-10(8-13(14)17)16(18,19)20/h2-9H,1H3,(H,21,22)/p-1. The van der Waals surface area contributed by atoms with Crippen LogP contribution < -0.4 is 14.6 Å². The van der Waals surface area contributed by atoms with Crippen LogP contribution >= 0.6 is 11.6 Å². The molecule has 128 valence electrons. The molecule has 1 atom stereocenters. The first-order valence-electron chi connectivity index (χ1n) is 6.69. The number of carboxylic acid groups (broad SMARTS) is 1. The van der Waals surface area contributed by atoms with E-state index in [0.29, 0.717) is 5.75 Å². The van der Waals surface area contributed by atoms with Crippen LogP contribution in [0.15, 0.2) is 42.5 Å². The summed E-state index contributed by atoms with van der Waals surface area (Å²) in [5.74, 6) is -0.726. The Morgan fingerprint density at radius 2 is 1.71 bits per heavy atom. The molecule has 0 spiro atoms. The number of aliphatic carboxylic acids is 1. The van der Waals surface area contributed by atoms with E-state index in [2.05, 4.69) is 0 Å². The average Bonchev–Trinajstić information content (AvgIpc) is 2.50. The monoisotopic (exact) mass is 359 g/mol. The third-order valence-corrected chi connectivity index (χ3v) is 3.25. The van der Waals surface area contributed by atoms with Crippen molar-refractivity contribution in [2.24, 2.45) is 0 Å². The van der Waals surface area contributed by atoms with Gasteiger partial charge in [0.15, 0.2) is 0 Å². The van der Waals surface area contributed by atoms with Crippen molar-refractivity contribution >= 4 is 17.6 Å². The smallest absolute Gasteiger partial charge is 0.416 e. The zero-order valence-corrected chi connectivity index (χ0v) is 13.0. The van der Waals surface area contributed by atoms with Crippen molar-refractivity contribution in [3.63, 3.8) is 0 Å². The normalized spacial score (nSPS) is 12.5. The summed E-state index contributed by atoms with van der Waals surface area (Å²) < 4.78 is 48.2. The summed E-state index contributed by atoms with van der Waals surface area (Å²) in [7, 11) is 0. The second-order valence-electron chi connectivity index (χ2n) is 4.80. The number of halogens is 4. The number of rotatable bonds is 5. The fraction of sp³-hybridized carbons (Fsp3) is 0.188. The molecule has 2 aromatic carbocycles. The fourth-order valence-electron chi connectivity index (χ4n) is 1.73. The molecular formula is C16H11ClF3O4-. The van der Waals surface area contributed by atoms with Gasteiger partial charge in [0, 0.05) is 0 Å². The number of carboxylic acids is 1.